The number of hydrogen-bond acceptors (Lipinski definition) is 5. The first-order valence-corrected chi connectivity index (χ1v) is 11.3. The number of carboxylic acids is 2. The molecule has 33 heavy (non-hydrogen) atoms. The summed E-state index contributed by atoms with van der Waals surface area (Å²) in [5, 5.41) is 18.9. The number of rotatable bonds is 6. The van der Waals surface area contributed by atoms with Crippen LogP contribution < -0.4 is 9.47 Å². The van der Waals surface area contributed by atoms with Crippen LogP contribution in [0, 0.1) is 17.8 Å². The Bertz CT molecular complexity index is 1080. The Kier molecular flexibility index (Phi) is 5.15. The maximum atomic E-state index is 13.1. The van der Waals surface area contributed by atoms with Gasteiger partial charge in [-0.2, -0.15) is 0 Å². The Morgan fingerprint density at radius 3 is 1.91 bits per heavy atom. The lowest BCUT2D eigenvalue weighted by atomic mass is 9.48. The van der Waals surface area contributed by atoms with E-state index in [1.165, 1.54) is 37.5 Å². The van der Waals surface area contributed by atoms with Crippen LogP contribution in [0.5, 0.6) is 11.5 Å². The van der Waals surface area contributed by atoms with Gasteiger partial charge < -0.3 is 19.7 Å². The molecule has 0 aliphatic heterocycles. The Hall–Kier alpha value is -3.35. The van der Waals surface area contributed by atoms with Crippen molar-refractivity contribution < 1.29 is 34.1 Å². The molecular formula is C26H26O7. The summed E-state index contributed by atoms with van der Waals surface area (Å²) < 4.78 is 11.1. The molecule has 7 nitrogen and oxygen atoms in total. The Morgan fingerprint density at radius 1 is 0.879 bits per heavy atom. The van der Waals surface area contributed by atoms with E-state index in [2.05, 4.69) is 0 Å². The van der Waals surface area contributed by atoms with Crippen LogP contribution in [0.1, 0.15) is 75.2 Å². The number of aromatic carboxylic acids is 2. The third-order valence-electron chi connectivity index (χ3n) is 7.72. The van der Waals surface area contributed by atoms with Gasteiger partial charge in [0.15, 0.2) is 5.75 Å². The van der Waals surface area contributed by atoms with Crippen LogP contribution in [0.2, 0.25) is 0 Å². The maximum absolute atomic E-state index is 13.1. The van der Waals surface area contributed by atoms with E-state index in [-0.39, 0.29) is 22.1 Å². The number of carboxylic acid groups (broad SMARTS) is 2. The van der Waals surface area contributed by atoms with Crippen LogP contribution in [0.4, 0.5) is 0 Å². The zero-order chi connectivity index (χ0) is 23.3. The predicted molar refractivity (Wildman–Crippen MR) is 118 cm³/mol. The molecule has 0 amide bonds. The summed E-state index contributed by atoms with van der Waals surface area (Å²) in [6, 6.07) is 8.88. The molecule has 0 heterocycles. The van der Waals surface area contributed by atoms with Crippen molar-refractivity contribution in [3.8, 4) is 11.5 Å². The highest BCUT2D eigenvalue weighted by Gasteiger charge is 2.52. The number of esters is 1. The molecule has 4 bridgehead atoms. The lowest BCUT2D eigenvalue weighted by Crippen LogP contribution is -2.48. The molecule has 7 heteroatoms. The fourth-order valence-corrected chi connectivity index (χ4v) is 6.83. The van der Waals surface area contributed by atoms with E-state index in [4.69, 9.17) is 9.47 Å². The molecule has 172 valence electrons. The molecule has 4 aliphatic carbocycles. The van der Waals surface area contributed by atoms with Gasteiger partial charge in [-0.25, -0.2) is 14.4 Å². The molecule has 4 fully saturated rings. The van der Waals surface area contributed by atoms with E-state index in [1.54, 1.807) is 25.3 Å². The Balaban J connectivity index is 1.52. The minimum Gasteiger partial charge on any atom is -0.496 e. The maximum Gasteiger partial charge on any atom is 0.343 e. The highest BCUT2D eigenvalue weighted by molar-refractivity contribution is 6.01. The third-order valence-corrected chi connectivity index (χ3v) is 7.72. The summed E-state index contributed by atoms with van der Waals surface area (Å²) in [4.78, 5) is 36.3. The summed E-state index contributed by atoms with van der Waals surface area (Å²) in [6.45, 7) is 0. The smallest absolute Gasteiger partial charge is 0.343 e. The highest BCUT2D eigenvalue weighted by atomic mass is 16.5. The molecule has 0 unspecified atom stereocenters. The molecular weight excluding hydrogens is 424 g/mol. The number of hydrogen-bond donors (Lipinski definition) is 2. The summed E-state index contributed by atoms with van der Waals surface area (Å²) in [7, 11) is 1.62. The molecule has 0 spiro atoms. The minimum absolute atomic E-state index is 0.0262. The van der Waals surface area contributed by atoms with Crippen LogP contribution >= 0.6 is 0 Å². The quantitative estimate of drug-likeness (QED) is 0.481. The summed E-state index contributed by atoms with van der Waals surface area (Å²) in [5.74, 6) is -1.14. The van der Waals surface area contributed by atoms with Gasteiger partial charge in [0.25, 0.3) is 0 Å². The summed E-state index contributed by atoms with van der Waals surface area (Å²) in [5.41, 5.74) is 0.472. The average molecular weight is 450 g/mol. The van der Waals surface area contributed by atoms with Gasteiger partial charge >= 0.3 is 17.9 Å². The zero-order valence-corrected chi connectivity index (χ0v) is 18.4. The van der Waals surface area contributed by atoms with Crippen molar-refractivity contribution in [2.75, 3.05) is 7.11 Å². The topological polar surface area (TPSA) is 110 Å². The van der Waals surface area contributed by atoms with Gasteiger partial charge in [0.1, 0.15) is 16.9 Å². The van der Waals surface area contributed by atoms with Gasteiger partial charge in [-0.15, -0.1) is 0 Å². The summed E-state index contributed by atoms with van der Waals surface area (Å²) >= 11 is 0. The fourth-order valence-electron chi connectivity index (χ4n) is 6.83. The zero-order valence-electron chi connectivity index (χ0n) is 18.4. The van der Waals surface area contributed by atoms with Crippen LogP contribution in [-0.4, -0.2) is 35.2 Å². The molecule has 0 radical (unpaired) electrons. The van der Waals surface area contributed by atoms with Crippen molar-refractivity contribution in [2.24, 2.45) is 17.8 Å². The van der Waals surface area contributed by atoms with Gasteiger partial charge in [0.2, 0.25) is 0 Å². The first-order valence-electron chi connectivity index (χ1n) is 11.3. The van der Waals surface area contributed by atoms with Gasteiger partial charge in [-0.3, -0.25) is 0 Å². The number of ether oxygens (including phenoxy) is 2. The highest BCUT2D eigenvalue weighted by Crippen LogP contribution is 2.61. The van der Waals surface area contributed by atoms with Crippen molar-refractivity contribution in [1.82, 2.24) is 0 Å². The number of methoxy groups -OCH3 is 1. The van der Waals surface area contributed by atoms with E-state index in [0.717, 1.165) is 30.6 Å². The predicted octanol–water partition coefficient (Wildman–Crippen LogP) is 4.78. The molecule has 4 aliphatic rings. The number of benzene rings is 2. The fraction of sp³-hybridized carbons (Fsp3) is 0.423. The third kappa shape index (κ3) is 3.65. The molecule has 0 atom stereocenters. The molecule has 2 N–H and O–H groups in total. The van der Waals surface area contributed by atoms with Crippen molar-refractivity contribution in [3.63, 3.8) is 0 Å². The van der Waals surface area contributed by atoms with E-state index < -0.39 is 23.7 Å². The molecule has 4 saturated carbocycles. The second-order valence-corrected chi connectivity index (χ2v) is 9.80. The first kappa shape index (κ1) is 21.5. The summed E-state index contributed by atoms with van der Waals surface area (Å²) in [6.07, 6.45) is 7.10. The second-order valence-electron chi connectivity index (χ2n) is 9.80. The normalized spacial score (nSPS) is 27.2. The van der Waals surface area contributed by atoms with E-state index in [1.807, 2.05) is 0 Å². The van der Waals surface area contributed by atoms with Gasteiger partial charge in [-0.05, 0) is 92.0 Å². The standard InChI is InChI=1S/C26H26O7/c1-32-21-6-5-17(10-20(21)26-11-14-7-15(12-26)9-16(8-14)13-26)25(31)33-22-18(23(27)28)3-2-4-19(22)24(29)30/h2-6,10,14-16H,7-9,11-13H2,1H3,(H,27,28)(H,29,30). The average Bonchev–Trinajstić information content (AvgIpc) is 2.77. The number of carbonyl (C=O) groups is 3. The Labute approximate surface area is 191 Å². The van der Waals surface area contributed by atoms with Crippen LogP contribution in [0.15, 0.2) is 36.4 Å². The largest absolute Gasteiger partial charge is 0.496 e. The SMILES string of the molecule is COc1ccc(C(=O)Oc2c(C(=O)O)cccc2C(=O)O)cc1C12CC3CC(CC(C3)C1)C2. The van der Waals surface area contributed by atoms with Crippen LogP contribution in [-0.2, 0) is 5.41 Å². The minimum atomic E-state index is -1.37. The molecule has 0 aromatic heterocycles. The Morgan fingerprint density at radius 2 is 1.42 bits per heavy atom. The lowest BCUT2D eigenvalue weighted by molar-refractivity contribution is -0.00618. The molecule has 2 aromatic carbocycles. The van der Waals surface area contributed by atoms with Crippen molar-refractivity contribution in [3.05, 3.63) is 58.7 Å². The van der Waals surface area contributed by atoms with E-state index >= 15 is 0 Å². The van der Waals surface area contributed by atoms with Crippen molar-refractivity contribution in [2.45, 2.75) is 43.9 Å². The lowest BCUT2D eigenvalue weighted by Gasteiger charge is -2.57. The second kappa shape index (κ2) is 7.90. The van der Waals surface area contributed by atoms with E-state index in [0.29, 0.717) is 17.8 Å². The van der Waals surface area contributed by atoms with Crippen molar-refractivity contribution in [1.29, 1.82) is 0 Å². The van der Waals surface area contributed by atoms with Crippen molar-refractivity contribution >= 4 is 17.9 Å². The van der Waals surface area contributed by atoms with Crippen LogP contribution in [0.3, 0.4) is 0 Å². The molecule has 0 saturated heterocycles. The van der Waals surface area contributed by atoms with Gasteiger partial charge in [0.05, 0.1) is 12.7 Å². The molecule has 6 rings (SSSR count). The van der Waals surface area contributed by atoms with Gasteiger partial charge in [0, 0.05) is 5.56 Å². The van der Waals surface area contributed by atoms with Crippen LogP contribution in [0.25, 0.3) is 0 Å². The molecule has 2 aromatic rings. The number of para-hydroxylation sites is 1. The first-order chi connectivity index (χ1) is 15.8. The van der Waals surface area contributed by atoms with Gasteiger partial charge in [-0.1, -0.05) is 6.07 Å². The van der Waals surface area contributed by atoms with E-state index in [9.17, 15) is 24.6 Å². The monoisotopic (exact) mass is 450 g/mol. The number of carbonyl (C=O) groups excluding carboxylic acids is 1.